The quantitative estimate of drug-likeness (QED) is 0.700. The van der Waals surface area contributed by atoms with Gasteiger partial charge in [0.25, 0.3) is 0 Å². The van der Waals surface area contributed by atoms with Gasteiger partial charge < -0.3 is 5.73 Å². The number of para-hydroxylation sites is 1. The summed E-state index contributed by atoms with van der Waals surface area (Å²) in [4.78, 5) is 4.23. The summed E-state index contributed by atoms with van der Waals surface area (Å²) in [6, 6.07) is 10.7. The van der Waals surface area contributed by atoms with E-state index in [4.69, 9.17) is 5.73 Å². The molecule has 0 spiro atoms. The molecular weight excluding hydrogens is 338 g/mol. The number of rotatable bonds is 2. The van der Waals surface area contributed by atoms with Crippen molar-refractivity contribution in [3.8, 4) is 0 Å². The Balaban J connectivity index is 2.22. The Kier molecular flexibility index (Phi) is 3.69. The van der Waals surface area contributed by atoms with Gasteiger partial charge in [-0.2, -0.15) is 0 Å². The van der Waals surface area contributed by atoms with E-state index in [1.165, 1.54) is 12.1 Å². The first kappa shape index (κ1) is 14.1. The van der Waals surface area contributed by atoms with Crippen LogP contribution in [0.3, 0.4) is 0 Å². The van der Waals surface area contributed by atoms with E-state index in [1.807, 2.05) is 24.3 Å². The molecule has 3 rings (SSSR count). The number of pyridine rings is 1. The van der Waals surface area contributed by atoms with Gasteiger partial charge in [-0.05, 0) is 45.8 Å². The first-order chi connectivity index (χ1) is 10.1. The molecule has 0 fully saturated rings. The molecule has 2 N–H and O–H groups in total. The van der Waals surface area contributed by atoms with E-state index in [9.17, 15) is 8.78 Å². The number of hydrogen-bond acceptors (Lipinski definition) is 2. The zero-order valence-electron chi connectivity index (χ0n) is 10.9. The van der Waals surface area contributed by atoms with E-state index in [1.54, 1.807) is 12.3 Å². The van der Waals surface area contributed by atoms with E-state index < -0.39 is 17.7 Å². The number of benzene rings is 2. The fourth-order valence-electron chi connectivity index (χ4n) is 2.37. The molecule has 0 aliphatic rings. The van der Waals surface area contributed by atoms with Crippen molar-refractivity contribution in [2.75, 3.05) is 0 Å². The van der Waals surface area contributed by atoms with Crippen molar-refractivity contribution in [2.24, 2.45) is 5.73 Å². The minimum Gasteiger partial charge on any atom is -0.320 e. The first-order valence-corrected chi connectivity index (χ1v) is 7.11. The lowest BCUT2D eigenvalue weighted by Crippen LogP contribution is -2.16. The molecule has 21 heavy (non-hydrogen) atoms. The standard InChI is InChI=1S/C16H11BrF2N2/c17-11-5-6-12(18)14(15(11)19)16(20)10-7-8-21-13-4-2-1-3-9(10)13/h1-8,16H,20H2. The van der Waals surface area contributed by atoms with Crippen LogP contribution in [0.2, 0.25) is 0 Å². The van der Waals surface area contributed by atoms with Crippen molar-refractivity contribution in [2.45, 2.75) is 6.04 Å². The number of hydrogen-bond donors (Lipinski definition) is 1. The van der Waals surface area contributed by atoms with Crippen LogP contribution in [0.25, 0.3) is 10.9 Å². The van der Waals surface area contributed by atoms with Gasteiger partial charge in [-0.3, -0.25) is 4.98 Å². The Morgan fingerprint density at radius 2 is 1.81 bits per heavy atom. The Bertz CT molecular complexity index is 815. The van der Waals surface area contributed by atoms with E-state index in [0.29, 0.717) is 5.56 Å². The molecule has 1 unspecified atom stereocenters. The van der Waals surface area contributed by atoms with Crippen molar-refractivity contribution >= 4 is 26.8 Å². The summed E-state index contributed by atoms with van der Waals surface area (Å²) >= 11 is 3.06. The molecule has 0 bridgehead atoms. The van der Waals surface area contributed by atoms with Crippen molar-refractivity contribution in [3.05, 3.63) is 75.9 Å². The van der Waals surface area contributed by atoms with Crippen LogP contribution in [0.4, 0.5) is 8.78 Å². The van der Waals surface area contributed by atoms with Crippen LogP contribution in [0.1, 0.15) is 17.2 Å². The molecule has 0 radical (unpaired) electrons. The highest BCUT2D eigenvalue weighted by atomic mass is 79.9. The first-order valence-electron chi connectivity index (χ1n) is 6.32. The van der Waals surface area contributed by atoms with Crippen LogP contribution in [0, 0.1) is 11.6 Å². The topological polar surface area (TPSA) is 38.9 Å². The van der Waals surface area contributed by atoms with E-state index >= 15 is 0 Å². The molecule has 5 heteroatoms. The summed E-state index contributed by atoms with van der Waals surface area (Å²) in [6.07, 6.45) is 1.59. The molecule has 1 heterocycles. The highest BCUT2D eigenvalue weighted by Gasteiger charge is 2.22. The Hall–Kier alpha value is -1.85. The fourth-order valence-corrected chi connectivity index (χ4v) is 2.72. The molecule has 0 saturated heterocycles. The third-order valence-electron chi connectivity index (χ3n) is 3.41. The molecule has 2 nitrogen and oxygen atoms in total. The SMILES string of the molecule is NC(c1c(F)ccc(Br)c1F)c1ccnc2ccccc12. The van der Waals surface area contributed by atoms with Gasteiger partial charge in [0.1, 0.15) is 11.6 Å². The second-order valence-electron chi connectivity index (χ2n) is 4.65. The Morgan fingerprint density at radius 1 is 1.05 bits per heavy atom. The van der Waals surface area contributed by atoms with Crippen molar-refractivity contribution < 1.29 is 8.78 Å². The molecule has 0 amide bonds. The van der Waals surface area contributed by atoms with Gasteiger partial charge in [-0.25, -0.2) is 8.78 Å². The second-order valence-corrected chi connectivity index (χ2v) is 5.51. The predicted octanol–water partition coefficient (Wildman–Crippen LogP) is 4.32. The smallest absolute Gasteiger partial charge is 0.145 e. The van der Waals surface area contributed by atoms with Gasteiger partial charge in [0.15, 0.2) is 0 Å². The number of nitrogens with two attached hydrogens (primary N) is 1. The Morgan fingerprint density at radius 3 is 2.62 bits per heavy atom. The van der Waals surface area contributed by atoms with E-state index in [2.05, 4.69) is 20.9 Å². The van der Waals surface area contributed by atoms with Gasteiger partial charge in [0.05, 0.1) is 16.0 Å². The summed E-state index contributed by atoms with van der Waals surface area (Å²) in [6.45, 7) is 0. The van der Waals surface area contributed by atoms with Crippen LogP contribution in [-0.2, 0) is 0 Å². The van der Waals surface area contributed by atoms with E-state index in [0.717, 1.165) is 10.9 Å². The maximum atomic E-state index is 14.2. The van der Waals surface area contributed by atoms with Crippen LogP contribution in [0.5, 0.6) is 0 Å². The zero-order chi connectivity index (χ0) is 15.0. The van der Waals surface area contributed by atoms with Gasteiger partial charge in [0.2, 0.25) is 0 Å². The average molecular weight is 349 g/mol. The zero-order valence-corrected chi connectivity index (χ0v) is 12.4. The predicted molar refractivity (Wildman–Crippen MR) is 81.8 cm³/mol. The molecule has 106 valence electrons. The molecule has 2 aromatic carbocycles. The number of fused-ring (bicyclic) bond motifs is 1. The third kappa shape index (κ3) is 2.43. The number of halogens is 3. The third-order valence-corrected chi connectivity index (χ3v) is 4.02. The number of nitrogens with zero attached hydrogens (tertiary/aromatic N) is 1. The molecular formula is C16H11BrF2N2. The minimum atomic E-state index is -0.907. The minimum absolute atomic E-state index is 0.152. The lowest BCUT2D eigenvalue weighted by atomic mass is 9.96. The van der Waals surface area contributed by atoms with Crippen LogP contribution < -0.4 is 5.73 Å². The highest BCUT2D eigenvalue weighted by Crippen LogP contribution is 2.32. The number of aromatic nitrogens is 1. The summed E-state index contributed by atoms with van der Waals surface area (Å²) in [5, 5.41) is 0.784. The Labute approximate surface area is 128 Å². The molecule has 0 saturated carbocycles. The highest BCUT2D eigenvalue weighted by molar-refractivity contribution is 9.10. The summed E-state index contributed by atoms with van der Waals surface area (Å²) in [7, 11) is 0. The molecule has 1 atom stereocenters. The lowest BCUT2D eigenvalue weighted by molar-refractivity contribution is 0.540. The molecule has 1 aromatic heterocycles. The van der Waals surface area contributed by atoms with E-state index in [-0.39, 0.29) is 10.0 Å². The normalized spacial score (nSPS) is 12.6. The summed E-state index contributed by atoms with van der Waals surface area (Å²) in [5.74, 6) is -1.34. The maximum absolute atomic E-state index is 14.2. The summed E-state index contributed by atoms with van der Waals surface area (Å²) < 4.78 is 28.4. The van der Waals surface area contributed by atoms with Gasteiger partial charge in [0, 0.05) is 17.1 Å². The van der Waals surface area contributed by atoms with Crippen LogP contribution in [-0.4, -0.2) is 4.98 Å². The second kappa shape index (κ2) is 5.50. The molecule has 0 aliphatic carbocycles. The fraction of sp³-hybridized carbons (Fsp3) is 0.0625. The maximum Gasteiger partial charge on any atom is 0.145 e. The van der Waals surface area contributed by atoms with Crippen LogP contribution >= 0.6 is 15.9 Å². The monoisotopic (exact) mass is 348 g/mol. The summed E-state index contributed by atoms with van der Waals surface area (Å²) in [5.41, 5.74) is 7.35. The molecule has 0 aliphatic heterocycles. The lowest BCUT2D eigenvalue weighted by Gasteiger charge is -2.17. The van der Waals surface area contributed by atoms with Crippen molar-refractivity contribution in [1.82, 2.24) is 4.98 Å². The van der Waals surface area contributed by atoms with Crippen molar-refractivity contribution in [1.29, 1.82) is 0 Å². The van der Waals surface area contributed by atoms with Gasteiger partial charge in [-0.1, -0.05) is 18.2 Å². The van der Waals surface area contributed by atoms with Crippen LogP contribution in [0.15, 0.2) is 53.1 Å². The largest absolute Gasteiger partial charge is 0.320 e. The van der Waals surface area contributed by atoms with Crippen molar-refractivity contribution in [3.63, 3.8) is 0 Å². The average Bonchev–Trinajstić information content (AvgIpc) is 2.50. The molecule has 3 aromatic rings. The van der Waals surface area contributed by atoms with Gasteiger partial charge in [-0.15, -0.1) is 0 Å². The van der Waals surface area contributed by atoms with Gasteiger partial charge >= 0.3 is 0 Å².